The molecule has 2 heterocycles. The second kappa shape index (κ2) is 9.95. The van der Waals surface area contributed by atoms with Gasteiger partial charge in [0, 0.05) is 6.20 Å². The summed E-state index contributed by atoms with van der Waals surface area (Å²) in [6.07, 6.45) is 3.08. The van der Waals surface area contributed by atoms with E-state index in [2.05, 4.69) is 15.6 Å². The number of nitrogens with zero attached hydrogens (tertiary/aromatic N) is 2. The molecule has 0 radical (unpaired) electrons. The first-order chi connectivity index (χ1) is 16.5. The maximum Gasteiger partial charge on any atom is 0.261 e. The number of imide groups is 1. The van der Waals surface area contributed by atoms with Gasteiger partial charge in [-0.1, -0.05) is 18.2 Å². The number of hydrogen-bond acceptors (Lipinski definition) is 6. The number of anilines is 1. The molecule has 172 valence electrons. The lowest BCUT2D eigenvalue weighted by molar-refractivity contribution is -0.115. The fourth-order valence-corrected chi connectivity index (χ4v) is 3.60. The van der Waals surface area contributed by atoms with E-state index in [0.717, 1.165) is 4.90 Å². The van der Waals surface area contributed by atoms with Crippen molar-refractivity contribution in [2.75, 3.05) is 18.5 Å². The summed E-state index contributed by atoms with van der Waals surface area (Å²) in [7, 11) is 0. The van der Waals surface area contributed by atoms with Crippen LogP contribution >= 0.6 is 0 Å². The lowest BCUT2D eigenvalue weighted by Gasteiger charge is -2.16. The van der Waals surface area contributed by atoms with Gasteiger partial charge < -0.3 is 15.4 Å². The molecule has 2 N–H and O–H groups in total. The number of ether oxygens (including phenoxy) is 1. The number of aromatic nitrogens is 1. The predicted octanol–water partition coefficient (Wildman–Crippen LogP) is 2.65. The summed E-state index contributed by atoms with van der Waals surface area (Å²) < 4.78 is 5.56. The van der Waals surface area contributed by atoms with Crippen LogP contribution in [0.25, 0.3) is 0 Å². The van der Waals surface area contributed by atoms with Crippen molar-refractivity contribution in [3.05, 3.63) is 89.2 Å². The van der Waals surface area contributed by atoms with Gasteiger partial charge in [-0.15, -0.1) is 0 Å². The average Bonchev–Trinajstić information content (AvgIpc) is 3.09. The van der Waals surface area contributed by atoms with Crippen LogP contribution in [-0.2, 0) is 11.3 Å². The number of fused-ring (bicyclic) bond motifs is 1. The molecule has 0 atom stereocenters. The first-order valence-corrected chi connectivity index (χ1v) is 10.7. The predicted molar refractivity (Wildman–Crippen MR) is 123 cm³/mol. The summed E-state index contributed by atoms with van der Waals surface area (Å²) >= 11 is 0. The molecule has 4 rings (SSSR count). The molecule has 0 saturated heterocycles. The highest BCUT2D eigenvalue weighted by Crippen LogP contribution is 2.26. The molecule has 2 aromatic carbocycles. The Morgan fingerprint density at radius 1 is 1.00 bits per heavy atom. The highest BCUT2D eigenvalue weighted by atomic mass is 16.5. The largest absolute Gasteiger partial charge is 0.493 e. The van der Waals surface area contributed by atoms with Crippen LogP contribution < -0.4 is 15.4 Å². The first kappa shape index (κ1) is 22.7. The molecule has 0 spiro atoms. The third-order valence-corrected chi connectivity index (χ3v) is 5.16. The van der Waals surface area contributed by atoms with Crippen molar-refractivity contribution in [3.63, 3.8) is 0 Å². The molecule has 0 bridgehead atoms. The van der Waals surface area contributed by atoms with E-state index >= 15 is 0 Å². The summed E-state index contributed by atoms with van der Waals surface area (Å²) in [5.74, 6) is -1.37. The third-order valence-electron chi connectivity index (χ3n) is 5.16. The van der Waals surface area contributed by atoms with Crippen LogP contribution in [0.3, 0.4) is 0 Å². The van der Waals surface area contributed by atoms with Gasteiger partial charge in [-0.05, 0) is 48.9 Å². The van der Waals surface area contributed by atoms with Crippen molar-refractivity contribution < 1.29 is 23.9 Å². The Labute approximate surface area is 195 Å². The van der Waals surface area contributed by atoms with Crippen molar-refractivity contribution in [1.82, 2.24) is 15.2 Å². The maximum absolute atomic E-state index is 12.9. The van der Waals surface area contributed by atoms with Gasteiger partial charge in [0.1, 0.15) is 5.75 Å². The van der Waals surface area contributed by atoms with Gasteiger partial charge in [0.05, 0.1) is 48.3 Å². The molecule has 3 aromatic rings. The van der Waals surface area contributed by atoms with Crippen molar-refractivity contribution in [2.24, 2.45) is 0 Å². The molecule has 1 aromatic heterocycles. The summed E-state index contributed by atoms with van der Waals surface area (Å²) in [6, 6.07) is 14.9. The Hall–Kier alpha value is -4.53. The molecule has 0 fully saturated rings. The van der Waals surface area contributed by atoms with Gasteiger partial charge in [-0.2, -0.15) is 0 Å². The van der Waals surface area contributed by atoms with Crippen LogP contribution in [0.15, 0.2) is 67.0 Å². The number of nitrogens with one attached hydrogen (secondary N) is 2. The molecule has 9 heteroatoms. The molecule has 9 nitrogen and oxygen atoms in total. The fraction of sp³-hybridized carbons (Fsp3) is 0.160. The number of rotatable bonds is 8. The van der Waals surface area contributed by atoms with E-state index < -0.39 is 11.8 Å². The molecule has 34 heavy (non-hydrogen) atoms. The average molecular weight is 458 g/mol. The second-order valence-electron chi connectivity index (χ2n) is 7.48. The van der Waals surface area contributed by atoms with Crippen molar-refractivity contribution in [2.45, 2.75) is 13.5 Å². The van der Waals surface area contributed by atoms with E-state index in [-0.39, 0.29) is 30.5 Å². The third kappa shape index (κ3) is 4.78. The fourth-order valence-electron chi connectivity index (χ4n) is 3.60. The van der Waals surface area contributed by atoms with Crippen LogP contribution in [0, 0.1) is 0 Å². The van der Waals surface area contributed by atoms with Gasteiger partial charge in [0.25, 0.3) is 17.7 Å². The Kier molecular flexibility index (Phi) is 6.63. The summed E-state index contributed by atoms with van der Waals surface area (Å²) in [6.45, 7) is 1.86. The molecular formula is C25H22N4O5. The van der Waals surface area contributed by atoms with Gasteiger partial charge in [-0.3, -0.25) is 29.1 Å². The van der Waals surface area contributed by atoms with Crippen LogP contribution in [0.5, 0.6) is 5.75 Å². The highest BCUT2D eigenvalue weighted by molar-refractivity contribution is 6.21. The van der Waals surface area contributed by atoms with E-state index in [1.807, 2.05) is 0 Å². The summed E-state index contributed by atoms with van der Waals surface area (Å²) in [4.78, 5) is 55.5. The molecule has 0 unspecified atom stereocenters. The zero-order valence-electron chi connectivity index (χ0n) is 18.4. The Morgan fingerprint density at radius 2 is 1.74 bits per heavy atom. The smallest absolute Gasteiger partial charge is 0.261 e. The molecule has 1 aliphatic heterocycles. The van der Waals surface area contributed by atoms with E-state index in [0.29, 0.717) is 34.7 Å². The highest BCUT2D eigenvalue weighted by Gasteiger charge is 2.35. The van der Waals surface area contributed by atoms with Gasteiger partial charge in [0.2, 0.25) is 5.91 Å². The quantitative estimate of drug-likeness (QED) is 0.501. The Balaban J connectivity index is 1.47. The molecule has 0 aliphatic carbocycles. The second-order valence-corrected chi connectivity index (χ2v) is 7.48. The minimum Gasteiger partial charge on any atom is -0.493 e. The first-order valence-electron chi connectivity index (χ1n) is 10.7. The van der Waals surface area contributed by atoms with Crippen molar-refractivity contribution in [1.29, 1.82) is 0 Å². The van der Waals surface area contributed by atoms with Crippen LogP contribution in [0.1, 0.15) is 43.6 Å². The lowest BCUT2D eigenvalue weighted by Crippen LogP contribution is -2.33. The lowest BCUT2D eigenvalue weighted by atomic mass is 10.1. The van der Waals surface area contributed by atoms with Crippen molar-refractivity contribution in [3.8, 4) is 5.75 Å². The number of benzene rings is 2. The van der Waals surface area contributed by atoms with E-state index in [4.69, 9.17) is 4.74 Å². The summed E-state index contributed by atoms with van der Waals surface area (Å²) in [5, 5.41) is 5.21. The minimum atomic E-state index is -0.519. The number of amides is 4. The number of carbonyl (C=O) groups is 4. The Morgan fingerprint density at radius 3 is 2.38 bits per heavy atom. The number of hydrogen-bond donors (Lipinski definition) is 2. The van der Waals surface area contributed by atoms with E-state index in [1.54, 1.807) is 67.7 Å². The van der Waals surface area contributed by atoms with Crippen LogP contribution in [0.4, 0.5) is 5.69 Å². The SMILES string of the molecule is CCOc1ccc(CN2C(=O)c3ccccc3C2=O)cc1C(=O)NCC(=O)Nc1cccnc1. The van der Waals surface area contributed by atoms with E-state index in [9.17, 15) is 19.2 Å². The zero-order chi connectivity index (χ0) is 24.1. The minimum absolute atomic E-state index is 0.000521. The van der Waals surface area contributed by atoms with Gasteiger partial charge in [-0.25, -0.2) is 0 Å². The van der Waals surface area contributed by atoms with Crippen LogP contribution in [-0.4, -0.2) is 46.7 Å². The van der Waals surface area contributed by atoms with Gasteiger partial charge >= 0.3 is 0 Å². The monoisotopic (exact) mass is 458 g/mol. The van der Waals surface area contributed by atoms with Crippen LogP contribution in [0.2, 0.25) is 0 Å². The number of carbonyl (C=O) groups excluding carboxylic acids is 4. The van der Waals surface area contributed by atoms with Gasteiger partial charge in [0.15, 0.2) is 0 Å². The Bertz CT molecular complexity index is 1220. The zero-order valence-corrected chi connectivity index (χ0v) is 18.4. The molecular weight excluding hydrogens is 436 g/mol. The normalized spacial score (nSPS) is 12.3. The topological polar surface area (TPSA) is 118 Å². The maximum atomic E-state index is 12.9. The standard InChI is InChI=1S/C25H22N4O5/c1-2-34-21-10-9-16(15-29-24(32)18-7-3-4-8-19(18)25(29)33)12-20(21)23(31)27-14-22(30)28-17-6-5-11-26-13-17/h3-13H,2,14-15H2,1H3,(H,27,31)(H,28,30). The summed E-state index contributed by atoms with van der Waals surface area (Å²) in [5.41, 5.74) is 2.00. The molecule has 0 saturated carbocycles. The molecule has 4 amide bonds. The van der Waals surface area contributed by atoms with Crippen molar-refractivity contribution >= 4 is 29.3 Å². The number of pyridine rings is 1. The van der Waals surface area contributed by atoms with E-state index in [1.165, 1.54) is 6.20 Å². The molecule has 1 aliphatic rings.